The van der Waals surface area contributed by atoms with Gasteiger partial charge in [-0.05, 0) is 53.4 Å². The molecule has 9 aromatic rings. The topological polar surface area (TPSA) is 34.6 Å². The monoisotopic (exact) mass is 694 g/mol. The SMILES string of the molecule is C=C(/N=C(\N=C(/C)c1cccc2c1C(C)(C)c1ccccc1-2)c1ccccc1)n1c2ccccc2c2ccc3c4ccccc4n(-c4ccccc4)c3c21. The highest BCUT2D eigenvalue weighted by Gasteiger charge is 2.37. The molecule has 4 heteroatoms. The van der Waals surface area contributed by atoms with Gasteiger partial charge in [0.05, 0.1) is 22.1 Å². The van der Waals surface area contributed by atoms with Crippen molar-refractivity contribution in [3.63, 3.8) is 0 Å². The first-order valence-electron chi connectivity index (χ1n) is 18.5. The number of hydrogen-bond donors (Lipinski definition) is 0. The van der Waals surface area contributed by atoms with Gasteiger partial charge in [-0.3, -0.25) is 4.57 Å². The zero-order valence-corrected chi connectivity index (χ0v) is 30.6. The number of benzene rings is 7. The van der Waals surface area contributed by atoms with Gasteiger partial charge in [-0.2, -0.15) is 0 Å². The average molecular weight is 695 g/mol. The number of rotatable bonds is 5. The molecule has 0 atom stereocenters. The van der Waals surface area contributed by atoms with E-state index in [2.05, 4.69) is 175 Å². The van der Waals surface area contributed by atoms with Crippen LogP contribution in [0.4, 0.5) is 0 Å². The summed E-state index contributed by atoms with van der Waals surface area (Å²) in [6.07, 6.45) is 0. The fourth-order valence-electron chi connectivity index (χ4n) is 8.90. The molecule has 0 spiro atoms. The lowest BCUT2D eigenvalue weighted by molar-refractivity contribution is 0.659. The van der Waals surface area contributed by atoms with Crippen molar-refractivity contribution in [1.29, 1.82) is 0 Å². The van der Waals surface area contributed by atoms with Crippen LogP contribution < -0.4 is 0 Å². The van der Waals surface area contributed by atoms with Crippen molar-refractivity contribution < 1.29 is 0 Å². The smallest absolute Gasteiger partial charge is 0.161 e. The van der Waals surface area contributed by atoms with Crippen LogP contribution in [0.3, 0.4) is 0 Å². The molecule has 10 rings (SSSR count). The molecule has 54 heavy (non-hydrogen) atoms. The van der Waals surface area contributed by atoms with Gasteiger partial charge < -0.3 is 4.57 Å². The summed E-state index contributed by atoms with van der Waals surface area (Å²) >= 11 is 0. The molecule has 0 aliphatic heterocycles. The molecule has 2 aromatic heterocycles. The molecule has 1 aliphatic carbocycles. The molecule has 0 saturated heterocycles. The summed E-state index contributed by atoms with van der Waals surface area (Å²) in [6, 6.07) is 58.0. The number of aromatic nitrogens is 2. The first-order valence-corrected chi connectivity index (χ1v) is 18.5. The van der Waals surface area contributed by atoms with Crippen molar-refractivity contribution in [3.05, 3.63) is 193 Å². The van der Waals surface area contributed by atoms with E-state index in [0.717, 1.165) is 55.4 Å². The predicted molar refractivity (Wildman–Crippen MR) is 228 cm³/mol. The maximum Gasteiger partial charge on any atom is 0.161 e. The van der Waals surface area contributed by atoms with Crippen LogP contribution in [0, 0.1) is 0 Å². The first-order chi connectivity index (χ1) is 26.4. The highest BCUT2D eigenvalue weighted by Crippen LogP contribution is 2.50. The van der Waals surface area contributed by atoms with Crippen molar-refractivity contribution in [3.8, 4) is 16.8 Å². The average Bonchev–Trinajstić information content (AvgIpc) is 3.82. The molecular weight excluding hydrogens is 657 g/mol. The third-order valence-electron chi connectivity index (χ3n) is 11.3. The van der Waals surface area contributed by atoms with Crippen LogP contribution in [-0.2, 0) is 5.41 Å². The summed E-state index contributed by atoms with van der Waals surface area (Å²) in [6.45, 7) is 11.5. The number of aliphatic imine (C=N–C) groups is 2. The maximum absolute atomic E-state index is 5.38. The third-order valence-corrected chi connectivity index (χ3v) is 11.3. The molecule has 0 N–H and O–H groups in total. The summed E-state index contributed by atoms with van der Waals surface area (Å²) in [5.41, 5.74) is 13.5. The van der Waals surface area contributed by atoms with Crippen molar-refractivity contribution in [2.75, 3.05) is 0 Å². The Balaban J connectivity index is 1.23. The van der Waals surface area contributed by atoms with E-state index in [4.69, 9.17) is 16.6 Å². The van der Waals surface area contributed by atoms with Crippen LogP contribution in [0.5, 0.6) is 0 Å². The van der Waals surface area contributed by atoms with Crippen molar-refractivity contribution in [2.45, 2.75) is 26.2 Å². The molecule has 0 radical (unpaired) electrons. The number of nitrogens with zero attached hydrogens (tertiary/aromatic N) is 4. The third kappa shape index (κ3) is 4.70. The van der Waals surface area contributed by atoms with Gasteiger partial charge in [-0.1, -0.05) is 160 Å². The Labute approximate surface area is 314 Å². The van der Waals surface area contributed by atoms with E-state index in [9.17, 15) is 0 Å². The summed E-state index contributed by atoms with van der Waals surface area (Å²) < 4.78 is 4.62. The number of hydrogen-bond acceptors (Lipinski definition) is 1. The fourth-order valence-corrected chi connectivity index (χ4v) is 8.90. The summed E-state index contributed by atoms with van der Waals surface area (Å²) in [5.74, 6) is 1.21. The minimum absolute atomic E-state index is 0.168. The molecule has 0 unspecified atom stereocenters. The quantitative estimate of drug-likeness (QED) is 0.127. The van der Waals surface area contributed by atoms with Crippen molar-refractivity contribution >= 4 is 61.0 Å². The zero-order valence-electron chi connectivity index (χ0n) is 30.6. The second kappa shape index (κ2) is 12.1. The van der Waals surface area contributed by atoms with Gasteiger partial charge in [0.25, 0.3) is 0 Å². The van der Waals surface area contributed by atoms with Gasteiger partial charge in [-0.25, -0.2) is 9.98 Å². The lowest BCUT2D eigenvalue weighted by Crippen LogP contribution is -2.19. The Hall–Kier alpha value is -6.78. The molecular formula is C50H38N4. The van der Waals surface area contributed by atoms with E-state index >= 15 is 0 Å². The standard InChI is InChI=1S/C50H38N4/c1-32(36-25-17-26-40-37-22-11-14-27-43(37)50(3,4)46(36)40)51-49(34-18-7-5-8-19-34)52-33(2)53-44-28-15-12-23-38(44)41-30-31-42-39-24-13-16-29-45(39)54(48(42)47(41)53)35-20-9-6-10-21-35/h5-31H,2H2,1,3-4H3/b51-32+,52-49-. The van der Waals surface area contributed by atoms with Gasteiger partial charge in [0, 0.05) is 49.5 Å². The van der Waals surface area contributed by atoms with Gasteiger partial charge in [0.15, 0.2) is 5.84 Å². The van der Waals surface area contributed by atoms with Crippen LogP contribution in [0.2, 0.25) is 0 Å². The predicted octanol–water partition coefficient (Wildman–Crippen LogP) is 12.6. The Morgan fingerprint density at radius 1 is 0.537 bits per heavy atom. The molecule has 1 aliphatic rings. The Morgan fingerprint density at radius 3 is 1.89 bits per heavy atom. The molecule has 0 amide bonds. The number of fused-ring (bicyclic) bond motifs is 10. The van der Waals surface area contributed by atoms with E-state index in [1.54, 1.807) is 0 Å². The van der Waals surface area contributed by atoms with E-state index in [1.807, 2.05) is 18.2 Å². The first kappa shape index (κ1) is 31.9. The molecule has 258 valence electrons. The van der Waals surface area contributed by atoms with Gasteiger partial charge in [-0.15, -0.1) is 0 Å². The summed E-state index contributed by atoms with van der Waals surface area (Å²) in [5, 5.41) is 4.69. The van der Waals surface area contributed by atoms with Crippen LogP contribution in [0.1, 0.15) is 43.0 Å². The highest BCUT2D eigenvalue weighted by molar-refractivity contribution is 6.24. The second-order valence-corrected chi connectivity index (χ2v) is 14.7. The zero-order chi connectivity index (χ0) is 36.6. The van der Waals surface area contributed by atoms with Gasteiger partial charge in [0.2, 0.25) is 0 Å². The molecule has 0 bridgehead atoms. The summed E-state index contributed by atoms with van der Waals surface area (Å²) in [4.78, 5) is 10.8. The van der Waals surface area contributed by atoms with E-state index in [1.165, 1.54) is 33.0 Å². The molecule has 7 aromatic carbocycles. The largest absolute Gasteiger partial charge is 0.307 e. The molecule has 0 saturated carbocycles. The van der Waals surface area contributed by atoms with Crippen LogP contribution >= 0.6 is 0 Å². The van der Waals surface area contributed by atoms with Crippen LogP contribution in [0.15, 0.2) is 180 Å². The molecule has 2 heterocycles. The number of para-hydroxylation sites is 3. The van der Waals surface area contributed by atoms with Gasteiger partial charge in [0.1, 0.15) is 5.82 Å². The van der Waals surface area contributed by atoms with E-state index in [-0.39, 0.29) is 5.41 Å². The van der Waals surface area contributed by atoms with E-state index < -0.39 is 0 Å². The van der Waals surface area contributed by atoms with E-state index in [0.29, 0.717) is 11.7 Å². The fraction of sp³-hybridized carbons (Fsp3) is 0.0800. The Morgan fingerprint density at radius 2 is 1.13 bits per heavy atom. The lowest BCUT2D eigenvalue weighted by Gasteiger charge is -2.24. The Kier molecular flexibility index (Phi) is 7.18. The van der Waals surface area contributed by atoms with Crippen LogP contribution in [0.25, 0.3) is 66.2 Å². The Bertz CT molecular complexity index is 3030. The minimum atomic E-state index is -0.168. The maximum atomic E-state index is 5.38. The van der Waals surface area contributed by atoms with Crippen molar-refractivity contribution in [2.24, 2.45) is 9.98 Å². The lowest BCUT2D eigenvalue weighted by atomic mass is 9.79. The van der Waals surface area contributed by atoms with Crippen LogP contribution in [-0.4, -0.2) is 20.7 Å². The summed E-state index contributed by atoms with van der Waals surface area (Å²) in [7, 11) is 0. The molecule has 4 nitrogen and oxygen atoms in total. The van der Waals surface area contributed by atoms with Gasteiger partial charge >= 0.3 is 0 Å². The second-order valence-electron chi connectivity index (χ2n) is 14.7. The minimum Gasteiger partial charge on any atom is -0.307 e. The van der Waals surface area contributed by atoms with Crippen molar-refractivity contribution in [1.82, 2.24) is 9.13 Å². The molecule has 0 fully saturated rings. The highest BCUT2D eigenvalue weighted by atomic mass is 15.1. The normalized spacial score (nSPS) is 13.9. The number of amidine groups is 1.